The van der Waals surface area contributed by atoms with Crippen molar-refractivity contribution in [3.05, 3.63) is 74.2 Å². The first-order valence-electron chi connectivity index (χ1n) is 9.79. The SMILES string of the molecule is CC[C@H](C)NC(=O)[C@H](C)N(Cc1cccc(Br)c1)C(=O)Cc1ccccc1[N+](=O)[O-]. The van der Waals surface area contributed by atoms with Gasteiger partial charge in [-0.3, -0.25) is 19.7 Å². The second kappa shape index (κ2) is 10.9. The third kappa shape index (κ3) is 6.38. The molecule has 160 valence electrons. The molecular formula is C22H26BrN3O4. The Kier molecular flexibility index (Phi) is 8.53. The van der Waals surface area contributed by atoms with Crippen molar-refractivity contribution in [2.24, 2.45) is 0 Å². The lowest BCUT2D eigenvalue weighted by Crippen LogP contribution is -2.49. The maximum Gasteiger partial charge on any atom is 0.273 e. The summed E-state index contributed by atoms with van der Waals surface area (Å²) in [5.74, 6) is -0.605. The maximum atomic E-state index is 13.2. The van der Waals surface area contributed by atoms with E-state index in [1.54, 1.807) is 25.1 Å². The number of rotatable bonds is 9. The Hall–Kier alpha value is -2.74. The third-order valence-electron chi connectivity index (χ3n) is 4.94. The summed E-state index contributed by atoms with van der Waals surface area (Å²) < 4.78 is 0.864. The summed E-state index contributed by atoms with van der Waals surface area (Å²) >= 11 is 3.42. The van der Waals surface area contributed by atoms with Crippen LogP contribution in [-0.4, -0.2) is 33.7 Å². The molecule has 0 aliphatic heterocycles. The van der Waals surface area contributed by atoms with Gasteiger partial charge in [-0.05, 0) is 38.0 Å². The van der Waals surface area contributed by atoms with Crippen LogP contribution in [-0.2, 0) is 22.6 Å². The Balaban J connectivity index is 2.31. The number of benzene rings is 2. The van der Waals surface area contributed by atoms with Crippen molar-refractivity contribution in [2.45, 2.75) is 52.2 Å². The van der Waals surface area contributed by atoms with Crippen LogP contribution in [0.25, 0.3) is 0 Å². The molecule has 0 saturated heterocycles. The molecule has 0 aliphatic carbocycles. The van der Waals surface area contributed by atoms with Crippen LogP contribution in [0, 0.1) is 10.1 Å². The molecular weight excluding hydrogens is 450 g/mol. The van der Waals surface area contributed by atoms with Gasteiger partial charge in [-0.15, -0.1) is 0 Å². The quantitative estimate of drug-likeness (QED) is 0.433. The molecule has 0 unspecified atom stereocenters. The Bertz CT molecular complexity index is 919. The summed E-state index contributed by atoms with van der Waals surface area (Å²) in [6, 6.07) is 12.9. The topological polar surface area (TPSA) is 92.6 Å². The molecule has 7 nitrogen and oxygen atoms in total. The lowest BCUT2D eigenvalue weighted by atomic mass is 10.1. The summed E-state index contributed by atoms with van der Waals surface area (Å²) in [5, 5.41) is 14.2. The lowest BCUT2D eigenvalue weighted by Gasteiger charge is -2.30. The van der Waals surface area contributed by atoms with Crippen LogP contribution in [0.4, 0.5) is 5.69 Å². The highest BCUT2D eigenvalue weighted by Gasteiger charge is 2.28. The number of nitro benzene ring substituents is 1. The van der Waals surface area contributed by atoms with E-state index in [0.29, 0.717) is 5.56 Å². The van der Waals surface area contributed by atoms with Gasteiger partial charge in [0.25, 0.3) is 5.69 Å². The minimum absolute atomic E-state index is 0.0158. The Morgan fingerprint density at radius 3 is 2.50 bits per heavy atom. The average Bonchev–Trinajstić information content (AvgIpc) is 2.71. The van der Waals surface area contributed by atoms with Crippen LogP contribution >= 0.6 is 15.9 Å². The summed E-state index contributed by atoms with van der Waals surface area (Å²) in [4.78, 5) is 38.2. The molecule has 0 heterocycles. The predicted octanol–water partition coefficient (Wildman–Crippen LogP) is 4.23. The van der Waals surface area contributed by atoms with Crippen molar-refractivity contribution in [3.8, 4) is 0 Å². The van der Waals surface area contributed by atoms with Crippen molar-refractivity contribution in [1.29, 1.82) is 0 Å². The molecule has 2 aromatic carbocycles. The number of nitrogens with one attached hydrogen (secondary N) is 1. The van der Waals surface area contributed by atoms with Gasteiger partial charge < -0.3 is 10.2 Å². The first kappa shape index (κ1) is 23.5. The molecule has 2 rings (SSSR count). The van der Waals surface area contributed by atoms with Crippen LogP contribution in [0.15, 0.2) is 53.0 Å². The minimum atomic E-state index is -0.728. The Morgan fingerprint density at radius 1 is 1.17 bits per heavy atom. The van der Waals surface area contributed by atoms with E-state index in [2.05, 4.69) is 21.2 Å². The molecule has 2 atom stereocenters. The highest BCUT2D eigenvalue weighted by molar-refractivity contribution is 9.10. The van der Waals surface area contributed by atoms with Gasteiger partial charge in [-0.2, -0.15) is 0 Å². The summed E-state index contributed by atoms with van der Waals surface area (Å²) in [5.41, 5.74) is 1.06. The van der Waals surface area contributed by atoms with Gasteiger partial charge in [-0.25, -0.2) is 0 Å². The van der Waals surface area contributed by atoms with Crippen molar-refractivity contribution in [3.63, 3.8) is 0 Å². The number of carbonyl (C=O) groups is 2. The van der Waals surface area contributed by atoms with E-state index in [1.807, 2.05) is 38.1 Å². The van der Waals surface area contributed by atoms with Crippen LogP contribution in [0.1, 0.15) is 38.3 Å². The van der Waals surface area contributed by atoms with Crippen LogP contribution in [0.3, 0.4) is 0 Å². The van der Waals surface area contributed by atoms with E-state index in [1.165, 1.54) is 11.0 Å². The standard InChI is InChI=1S/C22H26BrN3O4/c1-4-15(2)24-22(28)16(3)25(14-17-8-7-10-19(23)12-17)21(27)13-18-9-5-6-11-20(18)26(29)30/h5-12,15-16H,4,13-14H2,1-3H3,(H,24,28)/t15-,16-/m0/s1. The van der Waals surface area contributed by atoms with E-state index in [9.17, 15) is 19.7 Å². The van der Waals surface area contributed by atoms with Crippen molar-refractivity contribution in [2.75, 3.05) is 0 Å². The zero-order valence-electron chi connectivity index (χ0n) is 17.3. The highest BCUT2D eigenvalue weighted by Crippen LogP contribution is 2.21. The first-order valence-corrected chi connectivity index (χ1v) is 10.6. The van der Waals surface area contributed by atoms with Crippen molar-refractivity contribution in [1.82, 2.24) is 10.2 Å². The molecule has 8 heteroatoms. The molecule has 0 fully saturated rings. The monoisotopic (exact) mass is 475 g/mol. The smallest absolute Gasteiger partial charge is 0.273 e. The Labute approximate surface area is 184 Å². The number of para-hydroxylation sites is 1. The van der Waals surface area contributed by atoms with E-state index in [-0.39, 0.29) is 36.5 Å². The normalized spacial score (nSPS) is 12.7. The van der Waals surface area contributed by atoms with Gasteiger partial charge in [0.1, 0.15) is 6.04 Å². The number of nitrogens with zero attached hydrogens (tertiary/aromatic N) is 2. The molecule has 30 heavy (non-hydrogen) atoms. The number of nitro groups is 1. The first-order chi connectivity index (χ1) is 14.2. The van der Waals surface area contributed by atoms with Gasteiger partial charge >= 0.3 is 0 Å². The van der Waals surface area contributed by atoms with Crippen molar-refractivity contribution < 1.29 is 14.5 Å². The predicted molar refractivity (Wildman–Crippen MR) is 119 cm³/mol. The van der Waals surface area contributed by atoms with Gasteiger partial charge in [-0.1, -0.05) is 53.2 Å². The number of carbonyl (C=O) groups excluding carboxylic acids is 2. The molecule has 2 amide bonds. The van der Waals surface area contributed by atoms with Crippen LogP contribution < -0.4 is 5.32 Å². The summed E-state index contributed by atoms with van der Waals surface area (Å²) in [6.07, 6.45) is 0.611. The van der Waals surface area contributed by atoms with Gasteiger partial charge in [0, 0.05) is 28.7 Å². The Morgan fingerprint density at radius 2 is 1.87 bits per heavy atom. The molecule has 1 N–H and O–H groups in total. The molecule has 0 saturated carbocycles. The van der Waals surface area contributed by atoms with Gasteiger partial charge in [0.15, 0.2) is 0 Å². The van der Waals surface area contributed by atoms with Crippen LogP contribution in [0.2, 0.25) is 0 Å². The van der Waals surface area contributed by atoms with E-state index in [4.69, 9.17) is 0 Å². The zero-order valence-corrected chi connectivity index (χ0v) is 18.9. The molecule has 0 spiro atoms. The van der Waals surface area contributed by atoms with Crippen molar-refractivity contribution >= 4 is 33.4 Å². The molecule has 0 aliphatic rings. The average molecular weight is 476 g/mol. The van der Waals surface area contributed by atoms with Gasteiger partial charge in [0.2, 0.25) is 11.8 Å². The minimum Gasteiger partial charge on any atom is -0.352 e. The van der Waals surface area contributed by atoms with E-state index in [0.717, 1.165) is 16.5 Å². The third-order valence-corrected chi connectivity index (χ3v) is 5.43. The second-order valence-electron chi connectivity index (χ2n) is 7.21. The number of hydrogen-bond donors (Lipinski definition) is 1. The van der Waals surface area contributed by atoms with E-state index < -0.39 is 11.0 Å². The number of amides is 2. The van der Waals surface area contributed by atoms with Gasteiger partial charge in [0.05, 0.1) is 11.3 Å². The highest BCUT2D eigenvalue weighted by atomic mass is 79.9. The maximum absolute atomic E-state index is 13.2. The number of hydrogen-bond acceptors (Lipinski definition) is 4. The molecule has 0 radical (unpaired) electrons. The molecule has 0 bridgehead atoms. The molecule has 0 aromatic heterocycles. The fraction of sp³-hybridized carbons (Fsp3) is 0.364. The zero-order chi connectivity index (χ0) is 22.3. The van der Waals surface area contributed by atoms with E-state index >= 15 is 0 Å². The number of halogens is 1. The second-order valence-corrected chi connectivity index (χ2v) is 8.12. The molecule has 2 aromatic rings. The fourth-order valence-electron chi connectivity index (χ4n) is 2.98. The largest absolute Gasteiger partial charge is 0.352 e. The lowest BCUT2D eigenvalue weighted by molar-refractivity contribution is -0.385. The fourth-order valence-corrected chi connectivity index (χ4v) is 3.43. The van der Waals surface area contributed by atoms with Crippen LogP contribution in [0.5, 0.6) is 0 Å². The summed E-state index contributed by atoms with van der Waals surface area (Å²) in [7, 11) is 0. The summed E-state index contributed by atoms with van der Waals surface area (Å²) in [6.45, 7) is 5.76.